The number of hydrogen-bond donors (Lipinski definition) is 1. The predicted molar refractivity (Wildman–Crippen MR) is 48.5 cm³/mol. The van der Waals surface area contributed by atoms with E-state index in [1.165, 1.54) is 12.3 Å². The molecule has 1 aromatic heterocycles. The van der Waals surface area contributed by atoms with E-state index in [2.05, 4.69) is 11.7 Å². The lowest BCUT2D eigenvalue weighted by Gasteiger charge is -1.96. The first-order valence-electron chi connectivity index (χ1n) is 3.29. The fourth-order valence-electron chi connectivity index (χ4n) is 0.642. The zero-order valence-corrected chi connectivity index (χ0v) is 7.13. The van der Waals surface area contributed by atoms with E-state index in [0.29, 0.717) is 5.75 Å². The zero-order chi connectivity index (χ0) is 8.97. The Hall–Kier alpha value is -1.23. The summed E-state index contributed by atoms with van der Waals surface area (Å²) in [5.41, 5.74) is -0.275. The number of carbonyl (C=O) groups excluding carboxylic acids is 1. The molecule has 0 radical (unpaired) electrons. The highest BCUT2D eigenvalue weighted by Crippen LogP contribution is 2.03. The molecular weight excluding hydrogens is 176 g/mol. The van der Waals surface area contributed by atoms with Gasteiger partial charge in [0.1, 0.15) is 0 Å². The second-order valence-electron chi connectivity index (χ2n) is 2.03. The Kier molecular flexibility index (Phi) is 2.93. The summed E-state index contributed by atoms with van der Waals surface area (Å²) in [6.45, 7) is 3.48. The van der Waals surface area contributed by atoms with Gasteiger partial charge in [-0.05, 0) is 0 Å². The fourth-order valence-corrected chi connectivity index (χ4v) is 1.15. The molecule has 0 aromatic carbocycles. The number of H-pyrrole nitrogens is 1. The van der Waals surface area contributed by atoms with Crippen molar-refractivity contribution in [2.24, 2.45) is 0 Å². The zero-order valence-electron chi connectivity index (χ0n) is 6.32. The summed E-state index contributed by atoms with van der Waals surface area (Å²) in [7, 11) is 0. The number of carbonyl (C=O) groups is 1. The number of aromatic amines is 1. The first-order valence-corrected chi connectivity index (χ1v) is 4.28. The van der Waals surface area contributed by atoms with Gasteiger partial charge in [0.2, 0.25) is 0 Å². The van der Waals surface area contributed by atoms with Crippen LogP contribution in [0, 0.1) is 0 Å². The Morgan fingerprint density at radius 1 is 1.83 bits per heavy atom. The largest absolute Gasteiger partial charge is 0.304 e. The summed E-state index contributed by atoms with van der Waals surface area (Å²) in [5.74, 6) is 0.541. The first kappa shape index (κ1) is 8.86. The molecule has 0 amide bonds. The first-order chi connectivity index (χ1) is 5.74. The van der Waals surface area contributed by atoms with Crippen LogP contribution in [-0.4, -0.2) is 20.8 Å². The molecule has 0 unspecified atom stereocenters. The standard InChI is InChI=1S/C7H8N2O2S/c1-2-5-12-7(11)9-4-3-6(10)8-9/h2-4H,1,5H2,(H,8,10). The Morgan fingerprint density at radius 2 is 2.58 bits per heavy atom. The second-order valence-corrected chi connectivity index (χ2v) is 3.00. The molecule has 0 aliphatic heterocycles. The number of nitrogens with zero attached hydrogens (tertiary/aromatic N) is 1. The molecule has 0 spiro atoms. The average molecular weight is 184 g/mol. The quantitative estimate of drug-likeness (QED) is 0.699. The average Bonchev–Trinajstić information content (AvgIpc) is 2.47. The minimum atomic E-state index is -0.275. The number of hydrogen-bond acceptors (Lipinski definition) is 3. The number of rotatable bonds is 2. The molecule has 0 aliphatic rings. The third kappa shape index (κ3) is 2.13. The lowest BCUT2D eigenvalue weighted by Crippen LogP contribution is -2.10. The van der Waals surface area contributed by atoms with Gasteiger partial charge in [0.05, 0.1) is 0 Å². The molecule has 0 saturated carbocycles. The molecule has 4 nitrogen and oxygen atoms in total. The van der Waals surface area contributed by atoms with E-state index in [1.807, 2.05) is 0 Å². The van der Waals surface area contributed by atoms with Crippen LogP contribution in [0.5, 0.6) is 0 Å². The maximum atomic E-state index is 11.1. The Bertz CT molecular complexity index is 339. The molecule has 0 saturated heterocycles. The van der Waals surface area contributed by atoms with Gasteiger partial charge in [0.15, 0.2) is 0 Å². The van der Waals surface area contributed by atoms with E-state index in [-0.39, 0.29) is 10.8 Å². The third-order valence-electron chi connectivity index (χ3n) is 1.13. The maximum Gasteiger partial charge on any atom is 0.304 e. The van der Waals surface area contributed by atoms with Crippen molar-refractivity contribution in [2.45, 2.75) is 0 Å². The van der Waals surface area contributed by atoms with Gasteiger partial charge in [-0.15, -0.1) is 6.58 Å². The molecule has 0 atom stereocenters. The van der Waals surface area contributed by atoms with Crippen molar-refractivity contribution >= 4 is 17.0 Å². The van der Waals surface area contributed by atoms with E-state index in [9.17, 15) is 9.59 Å². The highest BCUT2D eigenvalue weighted by molar-refractivity contribution is 8.13. The van der Waals surface area contributed by atoms with Gasteiger partial charge in [0, 0.05) is 18.0 Å². The summed E-state index contributed by atoms with van der Waals surface area (Å²) >= 11 is 1.08. The van der Waals surface area contributed by atoms with Crippen LogP contribution >= 0.6 is 11.8 Å². The highest BCUT2D eigenvalue weighted by atomic mass is 32.2. The van der Waals surface area contributed by atoms with Crippen LogP contribution in [0.4, 0.5) is 4.79 Å². The molecule has 1 aromatic rings. The molecule has 5 heteroatoms. The molecule has 0 fully saturated rings. The molecule has 1 N–H and O–H groups in total. The normalized spacial score (nSPS) is 9.67. The minimum Gasteiger partial charge on any atom is -0.268 e. The van der Waals surface area contributed by atoms with Crippen molar-refractivity contribution in [3.8, 4) is 0 Å². The van der Waals surface area contributed by atoms with Gasteiger partial charge in [-0.3, -0.25) is 14.7 Å². The molecule has 0 aliphatic carbocycles. The highest BCUT2D eigenvalue weighted by Gasteiger charge is 2.02. The van der Waals surface area contributed by atoms with Crippen molar-refractivity contribution in [3.05, 3.63) is 35.3 Å². The van der Waals surface area contributed by atoms with Crippen LogP contribution < -0.4 is 5.56 Å². The summed E-state index contributed by atoms with van der Waals surface area (Å²) < 4.78 is 1.15. The number of nitrogens with one attached hydrogen (secondary N) is 1. The van der Waals surface area contributed by atoms with Crippen molar-refractivity contribution < 1.29 is 4.79 Å². The Morgan fingerprint density at radius 3 is 3.08 bits per heavy atom. The molecule has 0 bridgehead atoms. The van der Waals surface area contributed by atoms with Crippen molar-refractivity contribution in [3.63, 3.8) is 0 Å². The lowest BCUT2D eigenvalue weighted by atomic mass is 10.7. The fraction of sp³-hybridized carbons (Fsp3) is 0.143. The van der Waals surface area contributed by atoms with E-state index in [1.54, 1.807) is 6.08 Å². The van der Waals surface area contributed by atoms with Crippen molar-refractivity contribution in [1.29, 1.82) is 0 Å². The monoisotopic (exact) mass is 184 g/mol. The smallest absolute Gasteiger partial charge is 0.268 e. The summed E-state index contributed by atoms with van der Waals surface area (Å²) in [6.07, 6.45) is 3.03. The summed E-state index contributed by atoms with van der Waals surface area (Å²) in [4.78, 5) is 21.7. The number of thioether (sulfide) groups is 1. The topological polar surface area (TPSA) is 54.9 Å². The van der Waals surface area contributed by atoms with Crippen LogP contribution in [-0.2, 0) is 0 Å². The van der Waals surface area contributed by atoms with Crippen LogP contribution in [0.3, 0.4) is 0 Å². The Balaban J connectivity index is 2.65. The summed E-state index contributed by atoms with van der Waals surface area (Å²) in [6, 6.07) is 1.30. The van der Waals surface area contributed by atoms with Gasteiger partial charge >= 0.3 is 5.24 Å². The van der Waals surface area contributed by atoms with E-state index in [4.69, 9.17) is 0 Å². The van der Waals surface area contributed by atoms with Gasteiger partial charge < -0.3 is 0 Å². The predicted octanol–water partition coefficient (Wildman–Crippen LogP) is 1.06. The maximum absolute atomic E-state index is 11.1. The second kappa shape index (κ2) is 3.96. The van der Waals surface area contributed by atoms with E-state index < -0.39 is 0 Å². The molecular formula is C7H8N2O2S. The van der Waals surface area contributed by atoms with Crippen LogP contribution in [0.25, 0.3) is 0 Å². The van der Waals surface area contributed by atoms with E-state index >= 15 is 0 Å². The Labute approximate surface area is 73.3 Å². The summed E-state index contributed by atoms with van der Waals surface area (Å²) in [5, 5.41) is 2.13. The van der Waals surface area contributed by atoms with Crippen LogP contribution in [0.1, 0.15) is 0 Å². The van der Waals surface area contributed by atoms with Crippen molar-refractivity contribution in [2.75, 3.05) is 5.75 Å². The van der Waals surface area contributed by atoms with Gasteiger partial charge in [0.25, 0.3) is 5.56 Å². The van der Waals surface area contributed by atoms with Crippen LogP contribution in [0.15, 0.2) is 29.7 Å². The van der Waals surface area contributed by atoms with Crippen molar-refractivity contribution in [1.82, 2.24) is 9.78 Å². The van der Waals surface area contributed by atoms with Crippen LogP contribution in [0.2, 0.25) is 0 Å². The number of aromatic nitrogens is 2. The minimum absolute atomic E-state index is 0.211. The molecule has 1 heterocycles. The molecule has 64 valence electrons. The van der Waals surface area contributed by atoms with Gasteiger partial charge in [-0.25, -0.2) is 4.68 Å². The lowest BCUT2D eigenvalue weighted by molar-refractivity contribution is 0.259. The van der Waals surface area contributed by atoms with Gasteiger partial charge in [-0.1, -0.05) is 17.8 Å². The van der Waals surface area contributed by atoms with Gasteiger partial charge in [-0.2, -0.15) is 0 Å². The SMILES string of the molecule is C=CCSC(=O)n1ccc(=O)[nH]1. The molecule has 12 heavy (non-hydrogen) atoms. The van der Waals surface area contributed by atoms with E-state index in [0.717, 1.165) is 16.4 Å². The molecule has 1 rings (SSSR count). The third-order valence-corrected chi connectivity index (χ3v) is 1.97.